The molecule has 4 saturated heterocycles. The summed E-state index contributed by atoms with van der Waals surface area (Å²) in [6.45, 7) is 35.0. The number of nitrogens with zero attached hydrogens (tertiary/aromatic N) is 4. The van der Waals surface area contributed by atoms with Gasteiger partial charge in [-0.25, -0.2) is 0 Å². The molecular formula is C48H86N4O8. The third-order valence-electron chi connectivity index (χ3n) is 17.5. The highest BCUT2D eigenvalue weighted by atomic mass is 16.6. The Morgan fingerprint density at radius 1 is 0.450 bits per heavy atom. The fraction of sp³-hybridized carbons (Fsp3) is 0.917. The van der Waals surface area contributed by atoms with Crippen LogP contribution in [0.15, 0.2) is 0 Å². The molecule has 0 aromatic heterocycles. The molecule has 4 aliphatic rings. The van der Waals surface area contributed by atoms with Gasteiger partial charge in [-0.2, -0.15) is 0 Å². The SMILES string of the molecule is CCC(C(=O)OC1CCC(C)(C)N(C)C1(C)C)C(C(=O)OC1CCC(C)(C)N(C)C1(C)C)(C(=O)OC1CCC(C)(C)N(C)C1(C)C)C(=O)OC1CCC(C)(C)N(C)C1(C)C. The van der Waals surface area contributed by atoms with Crippen molar-refractivity contribution in [3.63, 3.8) is 0 Å². The second-order valence-corrected chi connectivity index (χ2v) is 23.6. The van der Waals surface area contributed by atoms with Crippen LogP contribution < -0.4 is 0 Å². The van der Waals surface area contributed by atoms with Gasteiger partial charge in [0.2, 0.25) is 0 Å². The summed E-state index contributed by atoms with van der Waals surface area (Å²) in [5.74, 6) is -5.81. The van der Waals surface area contributed by atoms with Gasteiger partial charge in [-0.05, 0) is 197 Å². The minimum atomic E-state index is -2.83. The molecule has 5 unspecified atom stereocenters. The van der Waals surface area contributed by atoms with E-state index in [0.717, 1.165) is 6.42 Å². The van der Waals surface area contributed by atoms with Crippen molar-refractivity contribution in [3.05, 3.63) is 0 Å². The van der Waals surface area contributed by atoms with E-state index in [1.807, 2.05) is 83.6 Å². The van der Waals surface area contributed by atoms with Crippen LogP contribution in [0, 0.1) is 11.3 Å². The molecule has 0 spiro atoms. The zero-order valence-corrected chi connectivity index (χ0v) is 41.8. The Hall–Kier alpha value is -2.28. The van der Waals surface area contributed by atoms with Gasteiger partial charge in [0.1, 0.15) is 24.4 Å². The van der Waals surface area contributed by atoms with E-state index in [-0.39, 0.29) is 28.6 Å². The lowest BCUT2D eigenvalue weighted by Gasteiger charge is -2.55. The van der Waals surface area contributed by atoms with Crippen molar-refractivity contribution in [3.8, 4) is 0 Å². The molecule has 0 bridgehead atoms. The zero-order valence-electron chi connectivity index (χ0n) is 41.8. The monoisotopic (exact) mass is 847 g/mol. The quantitative estimate of drug-likeness (QED) is 0.121. The van der Waals surface area contributed by atoms with Gasteiger partial charge < -0.3 is 18.9 Å². The Balaban J connectivity index is 1.94. The standard InChI is InChI=1S/C48H86N4O8/c1-22-31(36(53)57-32-23-27-40(2,3)49(18)44(32,10)11)48(37(54)58-33-24-28-41(4,5)50(19)45(33,12)13,38(55)59-34-25-29-42(6,7)51(20)46(34,14)15)39(56)60-35-26-30-43(8,9)52(21)47(35,16)17/h31-35H,22-30H2,1-21H3. The highest BCUT2D eigenvalue weighted by Crippen LogP contribution is 2.47. The van der Waals surface area contributed by atoms with E-state index < -0.39 is 81.8 Å². The van der Waals surface area contributed by atoms with Gasteiger partial charge in [-0.15, -0.1) is 0 Å². The number of hydrogen-bond acceptors (Lipinski definition) is 12. The molecule has 4 fully saturated rings. The van der Waals surface area contributed by atoms with Crippen LogP contribution in [0.3, 0.4) is 0 Å². The maximum Gasteiger partial charge on any atom is 0.336 e. The van der Waals surface area contributed by atoms with E-state index in [2.05, 4.69) is 75.0 Å². The molecule has 0 radical (unpaired) electrons. The number of hydrogen-bond donors (Lipinski definition) is 0. The fourth-order valence-corrected chi connectivity index (χ4v) is 11.0. The van der Waals surface area contributed by atoms with E-state index in [4.69, 9.17) is 18.9 Å². The minimum Gasteiger partial charge on any atom is -0.460 e. The van der Waals surface area contributed by atoms with Gasteiger partial charge >= 0.3 is 23.9 Å². The Labute approximate surface area is 364 Å². The predicted molar refractivity (Wildman–Crippen MR) is 236 cm³/mol. The van der Waals surface area contributed by atoms with Crippen molar-refractivity contribution in [1.29, 1.82) is 0 Å². The van der Waals surface area contributed by atoms with Gasteiger partial charge in [0.15, 0.2) is 0 Å². The molecule has 5 atom stereocenters. The molecule has 12 heteroatoms. The van der Waals surface area contributed by atoms with Gasteiger partial charge in [-0.3, -0.25) is 38.8 Å². The summed E-state index contributed by atoms with van der Waals surface area (Å²) in [4.78, 5) is 71.0. The Kier molecular flexibility index (Phi) is 13.7. The highest BCUT2D eigenvalue weighted by molar-refractivity contribution is 6.20. The number of piperidine rings is 4. The van der Waals surface area contributed by atoms with E-state index >= 15 is 19.2 Å². The topological polar surface area (TPSA) is 118 Å². The first-order valence-corrected chi connectivity index (χ1v) is 22.8. The molecule has 0 aliphatic carbocycles. The Morgan fingerprint density at radius 3 is 0.883 bits per heavy atom. The maximum absolute atomic E-state index is 15.7. The van der Waals surface area contributed by atoms with Crippen molar-refractivity contribution < 1.29 is 38.1 Å². The second-order valence-electron chi connectivity index (χ2n) is 23.6. The summed E-state index contributed by atoms with van der Waals surface area (Å²) in [6.07, 6.45) is 2.03. The predicted octanol–water partition coefficient (Wildman–Crippen LogP) is 7.78. The van der Waals surface area contributed by atoms with E-state index in [1.165, 1.54) is 0 Å². The lowest BCUT2D eigenvalue weighted by Crippen LogP contribution is -2.68. The van der Waals surface area contributed by atoms with Crippen LogP contribution >= 0.6 is 0 Å². The third kappa shape index (κ3) is 8.55. The van der Waals surface area contributed by atoms with Gasteiger partial charge in [-0.1, -0.05) is 6.92 Å². The molecule has 0 amide bonds. The number of esters is 4. The average molecular weight is 847 g/mol. The van der Waals surface area contributed by atoms with Crippen molar-refractivity contribution in [1.82, 2.24) is 19.6 Å². The van der Waals surface area contributed by atoms with Crippen LogP contribution in [0.25, 0.3) is 0 Å². The fourth-order valence-electron chi connectivity index (χ4n) is 11.0. The summed E-state index contributed by atoms with van der Waals surface area (Å²) < 4.78 is 26.2. The highest BCUT2D eigenvalue weighted by Gasteiger charge is 2.68. The number of carbonyl (C=O) groups excluding carboxylic acids is 4. The molecule has 4 rings (SSSR count). The van der Waals surface area contributed by atoms with Crippen LogP contribution in [-0.4, -0.2) is 140 Å². The Bertz CT molecular complexity index is 1490. The average Bonchev–Trinajstić information content (AvgIpc) is 3.12. The van der Waals surface area contributed by atoms with E-state index in [1.54, 1.807) is 6.92 Å². The molecule has 0 N–H and O–H groups in total. The summed E-state index contributed by atoms with van der Waals surface area (Å²) in [7, 11) is 8.02. The number of ether oxygens (including phenoxy) is 4. The molecule has 0 saturated carbocycles. The lowest BCUT2D eigenvalue weighted by atomic mass is 9.71. The third-order valence-corrected chi connectivity index (χ3v) is 17.5. The van der Waals surface area contributed by atoms with Crippen LogP contribution in [-0.2, 0) is 38.1 Å². The molecule has 0 aromatic carbocycles. The van der Waals surface area contributed by atoms with Gasteiger partial charge in [0.25, 0.3) is 5.41 Å². The molecule has 0 aromatic rings. The second kappa shape index (κ2) is 16.4. The summed E-state index contributed by atoms with van der Waals surface area (Å²) >= 11 is 0. The van der Waals surface area contributed by atoms with Crippen LogP contribution in [0.1, 0.15) is 175 Å². The number of rotatable bonds is 10. The van der Waals surface area contributed by atoms with E-state index in [0.29, 0.717) is 44.9 Å². The van der Waals surface area contributed by atoms with Crippen molar-refractivity contribution in [2.75, 3.05) is 28.2 Å². The maximum atomic E-state index is 15.7. The lowest BCUT2D eigenvalue weighted by molar-refractivity contribution is -0.217. The number of likely N-dealkylation sites (tertiary alicyclic amines) is 4. The largest absolute Gasteiger partial charge is 0.460 e. The van der Waals surface area contributed by atoms with Crippen molar-refractivity contribution in [2.45, 2.75) is 244 Å². The van der Waals surface area contributed by atoms with Crippen LogP contribution in [0.4, 0.5) is 0 Å². The van der Waals surface area contributed by atoms with Crippen molar-refractivity contribution in [2.24, 2.45) is 11.3 Å². The van der Waals surface area contributed by atoms with Crippen molar-refractivity contribution >= 4 is 23.9 Å². The first-order valence-electron chi connectivity index (χ1n) is 22.8. The summed E-state index contributed by atoms with van der Waals surface area (Å²) in [5.41, 5.74) is -6.28. The molecule has 346 valence electrons. The molecule has 60 heavy (non-hydrogen) atoms. The molecule has 12 nitrogen and oxygen atoms in total. The first-order chi connectivity index (χ1) is 27.0. The van der Waals surface area contributed by atoms with Crippen LogP contribution in [0.2, 0.25) is 0 Å². The first kappa shape index (κ1) is 50.4. The number of carbonyl (C=O) groups is 4. The normalized spacial score (nSPS) is 32.4. The summed E-state index contributed by atoms with van der Waals surface area (Å²) in [5, 5.41) is 0. The molecule has 4 aliphatic heterocycles. The Morgan fingerprint density at radius 2 is 0.667 bits per heavy atom. The van der Waals surface area contributed by atoms with E-state index in [9.17, 15) is 0 Å². The molecular weight excluding hydrogens is 761 g/mol. The smallest absolute Gasteiger partial charge is 0.336 e. The molecule has 4 heterocycles. The summed E-state index contributed by atoms with van der Waals surface area (Å²) in [6, 6.07) is 0. The number of likely N-dealkylation sites (N-methyl/N-ethyl adjacent to an activating group) is 4. The van der Waals surface area contributed by atoms with Gasteiger partial charge in [0.05, 0.1) is 28.1 Å². The van der Waals surface area contributed by atoms with Crippen LogP contribution in [0.5, 0.6) is 0 Å². The minimum absolute atomic E-state index is 0.0877. The van der Waals surface area contributed by atoms with Gasteiger partial charge in [0, 0.05) is 22.2 Å². The zero-order chi connectivity index (χ0) is 46.2.